The van der Waals surface area contributed by atoms with Crippen molar-refractivity contribution in [2.45, 2.75) is 64.7 Å². The van der Waals surface area contributed by atoms with Crippen LogP contribution in [-0.4, -0.2) is 13.7 Å². The molecule has 1 rings (SSSR count). The first-order chi connectivity index (χ1) is 10.3. The minimum absolute atomic E-state index is 0.581. The van der Waals surface area contributed by atoms with Crippen molar-refractivity contribution in [2.75, 3.05) is 13.7 Å². The molecule has 0 aromatic heterocycles. The van der Waals surface area contributed by atoms with E-state index in [0.717, 1.165) is 18.7 Å². The lowest BCUT2D eigenvalue weighted by molar-refractivity contribution is 0.398. The van der Waals surface area contributed by atoms with Crippen LogP contribution in [0.2, 0.25) is 0 Å². The predicted octanol–water partition coefficient (Wildman–Crippen LogP) is 4.95. The molecule has 1 unspecified atom stereocenters. The summed E-state index contributed by atoms with van der Waals surface area (Å²) in [7, 11) is 1.74. The molecule has 0 bridgehead atoms. The molecule has 0 heterocycles. The smallest absolute Gasteiger partial charge is 0.122 e. The van der Waals surface area contributed by atoms with E-state index in [1.54, 1.807) is 7.11 Å². The zero-order valence-electron chi connectivity index (χ0n) is 13.9. The zero-order chi connectivity index (χ0) is 15.3. The normalized spacial score (nSPS) is 12.3. The summed E-state index contributed by atoms with van der Waals surface area (Å²) in [5.74, 6) is 1.58. The minimum atomic E-state index is 0.581. The summed E-state index contributed by atoms with van der Waals surface area (Å²) in [6.45, 7) is 3.04. The molecular formula is C19H33NO. The fourth-order valence-electron chi connectivity index (χ4n) is 2.88. The fourth-order valence-corrected chi connectivity index (χ4v) is 2.88. The van der Waals surface area contributed by atoms with Crippen molar-refractivity contribution in [3.63, 3.8) is 0 Å². The van der Waals surface area contributed by atoms with Crippen molar-refractivity contribution in [3.8, 4) is 5.75 Å². The fraction of sp³-hybridized carbons (Fsp3) is 0.684. The van der Waals surface area contributed by atoms with Crippen LogP contribution in [0.15, 0.2) is 24.3 Å². The number of rotatable bonds is 12. The molecular weight excluding hydrogens is 258 g/mol. The van der Waals surface area contributed by atoms with E-state index in [4.69, 9.17) is 10.5 Å². The van der Waals surface area contributed by atoms with Gasteiger partial charge in [-0.2, -0.15) is 0 Å². The lowest BCUT2D eigenvalue weighted by Crippen LogP contribution is -2.17. The third-order valence-corrected chi connectivity index (χ3v) is 4.25. The Morgan fingerprint density at radius 1 is 1.00 bits per heavy atom. The molecule has 0 saturated carbocycles. The highest BCUT2D eigenvalue weighted by Gasteiger charge is 2.10. The third-order valence-electron chi connectivity index (χ3n) is 4.25. The van der Waals surface area contributed by atoms with Gasteiger partial charge in [0.05, 0.1) is 7.11 Å². The Morgan fingerprint density at radius 2 is 1.67 bits per heavy atom. The molecule has 2 nitrogen and oxygen atoms in total. The van der Waals surface area contributed by atoms with Crippen LogP contribution in [-0.2, 0) is 6.42 Å². The summed E-state index contributed by atoms with van der Waals surface area (Å²) >= 11 is 0. The van der Waals surface area contributed by atoms with E-state index in [2.05, 4.69) is 19.1 Å². The summed E-state index contributed by atoms with van der Waals surface area (Å²) in [6, 6.07) is 8.30. The number of ether oxygens (including phenoxy) is 1. The van der Waals surface area contributed by atoms with Gasteiger partial charge in [-0.15, -0.1) is 0 Å². The van der Waals surface area contributed by atoms with Crippen molar-refractivity contribution < 1.29 is 4.74 Å². The summed E-state index contributed by atoms with van der Waals surface area (Å²) < 4.78 is 5.43. The van der Waals surface area contributed by atoms with Gasteiger partial charge in [0.2, 0.25) is 0 Å². The second-order valence-corrected chi connectivity index (χ2v) is 6.03. The van der Waals surface area contributed by atoms with Gasteiger partial charge in [-0.05, 0) is 36.9 Å². The summed E-state index contributed by atoms with van der Waals surface area (Å²) in [6.07, 6.45) is 11.8. The molecule has 2 N–H and O–H groups in total. The highest BCUT2D eigenvalue weighted by molar-refractivity contribution is 5.33. The van der Waals surface area contributed by atoms with Crippen molar-refractivity contribution in [2.24, 2.45) is 11.7 Å². The van der Waals surface area contributed by atoms with Crippen molar-refractivity contribution in [3.05, 3.63) is 29.8 Å². The van der Waals surface area contributed by atoms with Crippen LogP contribution in [0.5, 0.6) is 5.75 Å². The Hall–Kier alpha value is -1.02. The van der Waals surface area contributed by atoms with Crippen LogP contribution in [0.3, 0.4) is 0 Å². The van der Waals surface area contributed by atoms with E-state index < -0.39 is 0 Å². The van der Waals surface area contributed by atoms with Gasteiger partial charge in [0, 0.05) is 0 Å². The summed E-state index contributed by atoms with van der Waals surface area (Å²) in [4.78, 5) is 0. The minimum Gasteiger partial charge on any atom is -0.496 e. The number of methoxy groups -OCH3 is 1. The largest absolute Gasteiger partial charge is 0.496 e. The molecule has 0 aliphatic rings. The first-order valence-corrected chi connectivity index (χ1v) is 8.63. The number of hydrogen-bond acceptors (Lipinski definition) is 2. The molecule has 0 fully saturated rings. The number of nitrogens with two attached hydrogens (primary N) is 1. The van der Waals surface area contributed by atoms with Crippen LogP contribution in [0.4, 0.5) is 0 Å². The van der Waals surface area contributed by atoms with Gasteiger partial charge < -0.3 is 10.5 Å². The molecule has 0 radical (unpaired) electrons. The summed E-state index contributed by atoms with van der Waals surface area (Å²) in [5, 5.41) is 0. The van der Waals surface area contributed by atoms with Crippen LogP contribution >= 0.6 is 0 Å². The maximum atomic E-state index is 5.95. The molecule has 0 aliphatic carbocycles. The molecule has 21 heavy (non-hydrogen) atoms. The number of benzene rings is 1. The lowest BCUT2D eigenvalue weighted by atomic mass is 9.93. The van der Waals surface area contributed by atoms with E-state index in [1.807, 2.05) is 12.1 Å². The molecule has 0 spiro atoms. The first-order valence-electron chi connectivity index (χ1n) is 8.63. The number of hydrogen-bond donors (Lipinski definition) is 1. The average molecular weight is 291 g/mol. The topological polar surface area (TPSA) is 35.2 Å². The van der Waals surface area contributed by atoms with Crippen molar-refractivity contribution >= 4 is 0 Å². The maximum absolute atomic E-state index is 5.95. The molecule has 2 heteroatoms. The standard InChI is InChI=1S/C19H33NO/c1-3-4-5-6-7-8-9-12-17(16-20)15-18-13-10-11-14-19(18)21-2/h10-11,13-14,17H,3-9,12,15-16,20H2,1-2H3. The van der Waals surface area contributed by atoms with E-state index in [-0.39, 0.29) is 0 Å². The van der Waals surface area contributed by atoms with Crippen molar-refractivity contribution in [1.82, 2.24) is 0 Å². The second-order valence-electron chi connectivity index (χ2n) is 6.03. The van der Waals surface area contributed by atoms with Gasteiger partial charge in [0.25, 0.3) is 0 Å². The molecule has 120 valence electrons. The SMILES string of the molecule is CCCCCCCCCC(CN)Cc1ccccc1OC. The molecule has 0 aliphatic heterocycles. The van der Waals surface area contributed by atoms with E-state index in [9.17, 15) is 0 Å². The Balaban J connectivity index is 2.25. The predicted molar refractivity (Wildman–Crippen MR) is 91.9 cm³/mol. The lowest BCUT2D eigenvalue weighted by Gasteiger charge is -2.16. The molecule has 1 aromatic rings. The van der Waals surface area contributed by atoms with Gasteiger partial charge in [-0.3, -0.25) is 0 Å². The van der Waals surface area contributed by atoms with Gasteiger partial charge in [0.15, 0.2) is 0 Å². The molecule has 0 saturated heterocycles. The van der Waals surface area contributed by atoms with Gasteiger partial charge in [0.1, 0.15) is 5.75 Å². The third kappa shape index (κ3) is 7.52. The highest BCUT2D eigenvalue weighted by Crippen LogP contribution is 2.23. The van der Waals surface area contributed by atoms with Crippen LogP contribution in [0.25, 0.3) is 0 Å². The van der Waals surface area contributed by atoms with Crippen LogP contribution in [0, 0.1) is 5.92 Å². The van der Waals surface area contributed by atoms with Crippen LogP contribution < -0.4 is 10.5 Å². The zero-order valence-corrected chi connectivity index (χ0v) is 13.9. The Labute approximate surface area is 131 Å². The van der Waals surface area contributed by atoms with Crippen LogP contribution in [0.1, 0.15) is 63.9 Å². The quantitative estimate of drug-likeness (QED) is 0.553. The second kappa shape index (κ2) is 11.6. The average Bonchev–Trinajstić information content (AvgIpc) is 2.53. The number of para-hydroxylation sites is 1. The monoisotopic (exact) mass is 291 g/mol. The Bertz CT molecular complexity index is 364. The Morgan fingerprint density at radius 3 is 2.33 bits per heavy atom. The van der Waals surface area contributed by atoms with E-state index >= 15 is 0 Å². The molecule has 1 aromatic carbocycles. The van der Waals surface area contributed by atoms with E-state index in [1.165, 1.54) is 56.9 Å². The molecule has 0 amide bonds. The number of unbranched alkanes of at least 4 members (excludes halogenated alkanes) is 6. The van der Waals surface area contributed by atoms with Gasteiger partial charge in [-0.25, -0.2) is 0 Å². The van der Waals surface area contributed by atoms with Gasteiger partial charge in [-0.1, -0.05) is 70.1 Å². The van der Waals surface area contributed by atoms with Crippen molar-refractivity contribution in [1.29, 1.82) is 0 Å². The Kier molecular flexibility index (Phi) is 9.98. The molecule has 1 atom stereocenters. The van der Waals surface area contributed by atoms with E-state index in [0.29, 0.717) is 5.92 Å². The first kappa shape index (κ1) is 18.0. The summed E-state index contributed by atoms with van der Waals surface area (Å²) in [5.41, 5.74) is 7.24. The maximum Gasteiger partial charge on any atom is 0.122 e. The highest BCUT2D eigenvalue weighted by atomic mass is 16.5. The van der Waals surface area contributed by atoms with Gasteiger partial charge >= 0.3 is 0 Å².